The molecule has 1 aromatic rings. The fraction of sp³-hybridized carbons (Fsp3) is 0.421. The van der Waals surface area contributed by atoms with Crippen LogP contribution in [-0.2, 0) is 4.79 Å². The minimum Gasteiger partial charge on any atom is -0.481 e. The highest BCUT2D eigenvalue weighted by Gasteiger charge is 2.14. The number of rotatable bonds is 8. The Balaban J connectivity index is 3.09. The Morgan fingerprint density at radius 1 is 1.43 bits per heavy atom. The number of carboxylic acid groups (broad SMARTS) is 1. The van der Waals surface area contributed by atoms with Crippen LogP contribution in [0.15, 0.2) is 40.9 Å². The Bertz CT molecular complexity index is 639. The summed E-state index contributed by atoms with van der Waals surface area (Å²) < 4.78 is 0. The fourth-order valence-corrected chi connectivity index (χ4v) is 2.66. The van der Waals surface area contributed by atoms with Gasteiger partial charge in [-0.3, -0.25) is 9.79 Å². The number of benzene rings is 1. The van der Waals surface area contributed by atoms with Gasteiger partial charge >= 0.3 is 5.97 Å². The van der Waals surface area contributed by atoms with E-state index in [0.717, 1.165) is 24.1 Å². The van der Waals surface area contributed by atoms with Gasteiger partial charge in [-0.15, -0.1) is 0 Å². The second kappa shape index (κ2) is 9.58. The van der Waals surface area contributed by atoms with Gasteiger partial charge in [-0.05, 0) is 43.4 Å². The molecule has 1 atom stereocenters. The maximum absolute atomic E-state index is 10.8. The second-order valence-corrected chi connectivity index (χ2v) is 5.41. The molecule has 1 aromatic carbocycles. The number of carboxylic acids is 1. The van der Waals surface area contributed by atoms with Crippen LogP contribution in [0.4, 0.5) is 0 Å². The fourth-order valence-electron chi connectivity index (χ4n) is 2.66. The predicted octanol–water partition coefficient (Wildman–Crippen LogP) is 4.20. The van der Waals surface area contributed by atoms with Crippen molar-refractivity contribution in [3.63, 3.8) is 0 Å². The summed E-state index contributed by atoms with van der Waals surface area (Å²) in [6.45, 7) is 4.16. The molecule has 0 saturated heterocycles. The van der Waals surface area contributed by atoms with Crippen LogP contribution < -0.4 is 0 Å². The van der Waals surface area contributed by atoms with Crippen LogP contribution in [0.5, 0.6) is 0 Å². The van der Waals surface area contributed by atoms with Crippen molar-refractivity contribution in [2.24, 2.45) is 10.9 Å². The summed E-state index contributed by atoms with van der Waals surface area (Å²) in [7, 11) is 1.73. The van der Waals surface area contributed by atoms with Gasteiger partial charge in [0.2, 0.25) is 0 Å². The van der Waals surface area contributed by atoms with E-state index >= 15 is 0 Å². The molecule has 0 aliphatic rings. The normalized spacial score (nSPS) is 13.5. The minimum absolute atomic E-state index is 0.179. The molecule has 23 heavy (non-hydrogen) atoms. The Kier molecular flexibility index (Phi) is 7.76. The Morgan fingerprint density at radius 3 is 2.70 bits per heavy atom. The molecule has 0 radical (unpaired) electrons. The zero-order valence-electron chi connectivity index (χ0n) is 14.0. The number of aliphatic imine (C=N–C) groups is 1. The van der Waals surface area contributed by atoms with Crippen LogP contribution in [-0.4, -0.2) is 23.8 Å². The number of nitrogens with zero attached hydrogens (tertiary/aromatic N) is 2. The van der Waals surface area contributed by atoms with Gasteiger partial charge in [0.1, 0.15) is 0 Å². The molecule has 4 heteroatoms. The molecule has 1 unspecified atom stereocenters. The second-order valence-electron chi connectivity index (χ2n) is 5.41. The van der Waals surface area contributed by atoms with Crippen LogP contribution in [0.1, 0.15) is 50.7 Å². The molecule has 4 nitrogen and oxygen atoms in total. The lowest BCUT2D eigenvalue weighted by atomic mass is 9.88. The number of nitriles is 1. The van der Waals surface area contributed by atoms with Gasteiger partial charge in [0.05, 0.1) is 17.3 Å². The van der Waals surface area contributed by atoms with Gasteiger partial charge in [0.15, 0.2) is 0 Å². The van der Waals surface area contributed by atoms with Crippen LogP contribution in [0.3, 0.4) is 0 Å². The molecule has 0 amide bonds. The highest BCUT2D eigenvalue weighted by atomic mass is 16.4. The van der Waals surface area contributed by atoms with Gasteiger partial charge in [0, 0.05) is 19.0 Å². The van der Waals surface area contributed by atoms with Crippen molar-refractivity contribution >= 4 is 11.7 Å². The molecule has 0 bridgehead atoms. The van der Waals surface area contributed by atoms with Crippen molar-refractivity contribution in [2.75, 3.05) is 7.05 Å². The zero-order valence-corrected chi connectivity index (χ0v) is 14.0. The first-order chi connectivity index (χ1) is 11.0. The van der Waals surface area contributed by atoms with Gasteiger partial charge in [-0.1, -0.05) is 31.6 Å². The zero-order chi connectivity index (χ0) is 17.2. The molecule has 1 rings (SSSR count). The highest BCUT2D eigenvalue weighted by molar-refractivity contribution is 6.09. The van der Waals surface area contributed by atoms with Gasteiger partial charge in [-0.25, -0.2) is 0 Å². The molecule has 0 saturated carbocycles. The number of allylic oxidation sites excluding steroid dienone is 2. The summed E-state index contributed by atoms with van der Waals surface area (Å²) in [5, 5.41) is 17.9. The first-order valence-electron chi connectivity index (χ1n) is 7.95. The Hall–Kier alpha value is -2.41. The molecule has 0 fully saturated rings. The molecular weight excluding hydrogens is 288 g/mol. The molecule has 0 aromatic heterocycles. The predicted molar refractivity (Wildman–Crippen MR) is 92.6 cm³/mol. The van der Waals surface area contributed by atoms with Crippen molar-refractivity contribution in [3.05, 3.63) is 47.0 Å². The van der Waals surface area contributed by atoms with Crippen molar-refractivity contribution in [3.8, 4) is 6.07 Å². The average molecular weight is 312 g/mol. The van der Waals surface area contributed by atoms with E-state index in [9.17, 15) is 4.79 Å². The third-order valence-electron chi connectivity index (χ3n) is 3.98. The number of aliphatic carboxylic acids is 1. The van der Waals surface area contributed by atoms with Crippen LogP contribution in [0.2, 0.25) is 0 Å². The van der Waals surface area contributed by atoms with E-state index in [2.05, 4.69) is 24.9 Å². The summed E-state index contributed by atoms with van der Waals surface area (Å²) in [4.78, 5) is 15.2. The van der Waals surface area contributed by atoms with E-state index < -0.39 is 5.97 Å². The van der Waals surface area contributed by atoms with E-state index in [0.29, 0.717) is 12.0 Å². The largest absolute Gasteiger partial charge is 0.481 e. The lowest BCUT2D eigenvalue weighted by molar-refractivity contribution is -0.137. The van der Waals surface area contributed by atoms with E-state index in [1.54, 1.807) is 13.1 Å². The lowest BCUT2D eigenvalue weighted by Gasteiger charge is -2.18. The summed E-state index contributed by atoms with van der Waals surface area (Å²) in [5.74, 6) is -0.517. The van der Waals surface area contributed by atoms with E-state index in [-0.39, 0.29) is 12.3 Å². The lowest BCUT2D eigenvalue weighted by Crippen LogP contribution is -2.09. The molecule has 1 N–H and O–H groups in total. The molecular formula is C19H24N2O2. The molecule has 0 aliphatic heterocycles. The monoisotopic (exact) mass is 312 g/mol. The topological polar surface area (TPSA) is 73.5 Å². The number of hydrogen-bond acceptors (Lipinski definition) is 3. The first-order valence-corrected chi connectivity index (χ1v) is 7.95. The van der Waals surface area contributed by atoms with Gasteiger partial charge < -0.3 is 5.11 Å². The maximum Gasteiger partial charge on any atom is 0.303 e. The summed E-state index contributed by atoms with van der Waals surface area (Å²) >= 11 is 0. The van der Waals surface area contributed by atoms with Crippen molar-refractivity contribution in [1.82, 2.24) is 0 Å². The molecule has 0 aliphatic carbocycles. The Morgan fingerprint density at radius 2 is 2.17 bits per heavy atom. The van der Waals surface area contributed by atoms with Crippen LogP contribution >= 0.6 is 0 Å². The average Bonchev–Trinajstić information content (AvgIpc) is 2.57. The third kappa shape index (κ3) is 5.71. The molecule has 0 spiro atoms. The Labute approximate surface area is 138 Å². The van der Waals surface area contributed by atoms with E-state index in [1.807, 2.05) is 24.3 Å². The summed E-state index contributed by atoms with van der Waals surface area (Å²) in [6, 6.07) is 9.51. The van der Waals surface area contributed by atoms with Crippen molar-refractivity contribution < 1.29 is 9.90 Å². The number of carbonyl (C=O) groups is 1. The maximum atomic E-state index is 10.8. The summed E-state index contributed by atoms with van der Waals surface area (Å²) in [6.07, 6.45) is 4.63. The van der Waals surface area contributed by atoms with E-state index in [1.165, 1.54) is 5.57 Å². The smallest absolute Gasteiger partial charge is 0.303 e. The van der Waals surface area contributed by atoms with Crippen LogP contribution in [0, 0.1) is 17.2 Å². The summed E-state index contributed by atoms with van der Waals surface area (Å²) in [5.41, 5.74) is 3.54. The van der Waals surface area contributed by atoms with Gasteiger partial charge in [0.25, 0.3) is 0 Å². The van der Waals surface area contributed by atoms with Crippen LogP contribution in [0.25, 0.3) is 0 Å². The van der Waals surface area contributed by atoms with Crippen molar-refractivity contribution in [1.29, 1.82) is 5.26 Å². The quantitative estimate of drug-likeness (QED) is 0.731. The van der Waals surface area contributed by atoms with Crippen molar-refractivity contribution in [2.45, 2.75) is 39.5 Å². The molecule has 122 valence electrons. The first kappa shape index (κ1) is 18.6. The van der Waals surface area contributed by atoms with E-state index in [4.69, 9.17) is 10.4 Å². The standard InChI is InChI=1S/C19H24N2O2/c1-4-15(9-10-19(22)23)16(5-2)12-18(21-3)17-8-6-7-14(11-17)13-20/h6-8,11-12,15H,4-5,9-10H2,1-3H3,(H,22,23). The van der Waals surface area contributed by atoms with Gasteiger partial charge in [-0.2, -0.15) is 5.26 Å². The molecule has 0 heterocycles. The number of hydrogen-bond donors (Lipinski definition) is 1. The highest BCUT2D eigenvalue weighted by Crippen LogP contribution is 2.24. The minimum atomic E-state index is -0.759. The SMILES string of the molecule is CCC(=CC(=NC)c1cccc(C#N)c1)C(CC)CCC(=O)O. The third-order valence-corrected chi connectivity index (χ3v) is 3.98.